The summed E-state index contributed by atoms with van der Waals surface area (Å²) < 4.78 is 6.03. The second-order valence-corrected chi connectivity index (χ2v) is 5.06. The predicted octanol–water partition coefficient (Wildman–Crippen LogP) is 2.30. The minimum absolute atomic E-state index is 0.0159. The Labute approximate surface area is 128 Å². The van der Waals surface area contributed by atoms with Crippen molar-refractivity contribution in [1.82, 2.24) is 0 Å². The Morgan fingerprint density at radius 2 is 1.86 bits per heavy atom. The van der Waals surface area contributed by atoms with E-state index in [0.29, 0.717) is 10.0 Å². The van der Waals surface area contributed by atoms with Crippen LogP contribution < -0.4 is 9.84 Å². The van der Waals surface area contributed by atoms with E-state index in [1.54, 1.807) is 18.2 Å². The van der Waals surface area contributed by atoms with Crippen LogP contribution in [-0.4, -0.2) is 10.9 Å². The van der Waals surface area contributed by atoms with Crippen LogP contribution in [0.3, 0.4) is 0 Å². The number of nitro groups is 1. The van der Waals surface area contributed by atoms with E-state index >= 15 is 0 Å². The number of rotatable bonds is 5. The second kappa shape index (κ2) is 6.36. The highest BCUT2D eigenvalue weighted by Crippen LogP contribution is 2.24. The predicted molar refractivity (Wildman–Crippen MR) is 75.9 cm³/mol. The zero-order valence-corrected chi connectivity index (χ0v) is 12.2. The zero-order chi connectivity index (χ0) is 15.4. The SMILES string of the molecule is O=C([O-])c1cc(Br)ccc1OCc1ccc([N+](=O)[O-])cc1. The van der Waals surface area contributed by atoms with E-state index in [4.69, 9.17) is 4.74 Å². The zero-order valence-electron chi connectivity index (χ0n) is 10.6. The fraction of sp³-hybridized carbons (Fsp3) is 0.0714. The Kier molecular flexibility index (Phi) is 4.54. The van der Waals surface area contributed by atoms with Gasteiger partial charge in [0, 0.05) is 22.2 Å². The number of hydrogen-bond donors (Lipinski definition) is 0. The summed E-state index contributed by atoms with van der Waals surface area (Å²) in [5.74, 6) is -1.16. The van der Waals surface area contributed by atoms with Gasteiger partial charge in [-0.2, -0.15) is 0 Å². The van der Waals surface area contributed by atoms with Crippen molar-refractivity contribution in [2.75, 3.05) is 0 Å². The molecule has 6 nitrogen and oxygen atoms in total. The van der Waals surface area contributed by atoms with E-state index in [1.165, 1.54) is 24.3 Å². The van der Waals surface area contributed by atoms with Crippen molar-refractivity contribution in [3.8, 4) is 5.75 Å². The van der Waals surface area contributed by atoms with Crippen LogP contribution in [-0.2, 0) is 6.61 Å². The standard InChI is InChI=1S/C14H10BrNO5/c15-10-3-6-13(12(7-10)14(17)18)21-8-9-1-4-11(5-2-9)16(19)20/h1-7H,8H2,(H,17,18)/p-1. The number of carboxylic acids is 1. The molecule has 0 N–H and O–H groups in total. The molecule has 0 spiro atoms. The van der Waals surface area contributed by atoms with Crippen LogP contribution in [0.4, 0.5) is 5.69 Å². The summed E-state index contributed by atoms with van der Waals surface area (Å²) in [4.78, 5) is 21.1. The van der Waals surface area contributed by atoms with Crippen LogP contribution in [0, 0.1) is 10.1 Å². The summed E-state index contributed by atoms with van der Waals surface area (Å²) in [6.45, 7) is 0.0971. The normalized spacial score (nSPS) is 10.1. The van der Waals surface area contributed by atoms with Gasteiger partial charge >= 0.3 is 0 Å². The molecule has 108 valence electrons. The lowest BCUT2D eigenvalue weighted by Gasteiger charge is -2.12. The van der Waals surface area contributed by atoms with Gasteiger partial charge in [-0.25, -0.2) is 0 Å². The van der Waals surface area contributed by atoms with E-state index in [9.17, 15) is 20.0 Å². The van der Waals surface area contributed by atoms with E-state index < -0.39 is 10.9 Å². The van der Waals surface area contributed by atoms with Gasteiger partial charge in [0.05, 0.1) is 10.9 Å². The molecule has 0 fully saturated rings. The minimum atomic E-state index is -1.34. The molecule has 0 aliphatic carbocycles. The summed E-state index contributed by atoms with van der Waals surface area (Å²) in [5.41, 5.74) is 0.608. The highest BCUT2D eigenvalue weighted by Gasteiger charge is 2.08. The summed E-state index contributed by atoms with van der Waals surface area (Å²) in [6, 6.07) is 10.4. The van der Waals surface area contributed by atoms with Gasteiger partial charge in [0.2, 0.25) is 0 Å². The Morgan fingerprint density at radius 1 is 1.19 bits per heavy atom. The molecule has 0 amide bonds. The van der Waals surface area contributed by atoms with Crippen LogP contribution in [0.2, 0.25) is 0 Å². The molecule has 0 aliphatic heterocycles. The summed E-state index contributed by atoms with van der Waals surface area (Å²) in [5, 5.41) is 21.6. The maximum atomic E-state index is 11.0. The lowest BCUT2D eigenvalue weighted by Crippen LogP contribution is -2.23. The van der Waals surface area contributed by atoms with Gasteiger partial charge in [-0.05, 0) is 35.9 Å². The first-order valence-electron chi connectivity index (χ1n) is 5.84. The first-order valence-corrected chi connectivity index (χ1v) is 6.63. The lowest BCUT2D eigenvalue weighted by molar-refractivity contribution is -0.384. The molecule has 0 atom stereocenters. The molecule has 0 unspecified atom stereocenters. The molecule has 0 bridgehead atoms. The fourth-order valence-corrected chi connectivity index (χ4v) is 2.02. The number of benzene rings is 2. The third kappa shape index (κ3) is 3.79. The van der Waals surface area contributed by atoms with E-state index in [2.05, 4.69) is 15.9 Å². The summed E-state index contributed by atoms with van der Waals surface area (Å²) >= 11 is 3.17. The van der Waals surface area contributed by atoms with Crippen molar-refractivity contribution in [2.45, 2.75) is 6.61 Å². The fourth-order valence-electron chi connectivity index (χ4n) is 1.66. The van der Waals surface area contributed by atoms with Gasteiger partial charge in [-0.3, -0.25) is 10.1 Å². The molecule has 0 aromatic heterocycles. The number of hydrogen-bond acceptors (Lipinski definition) is 5. The molecular weight excluding hydrogens is 342 g/mol. The Balaban J connectivity index is 2.13. The maximum Gasteiger partial charge on any atom is 0.269 e. The maximum absolute atomic E-state index is 11.0. The highest BCUT2D eigenvalue weighted by atomic mass is 79.9. The molecule has 0 saturated carbocycles. The van der Waals surface area contributed by atoms with Crippen LogP contribution in [0.1, 0.15) is 15.9 Å². The van der Waals surface area contributed by atoms with Gasteiger partial charge in [0.15, 0.2) is 0 Å². The molecule has 0 aliphatic rings. The molecule has 0 radical (unpaired) electrons. The first-order chi connectivity index (χ1) is 9.97. The molecule has 2 aromatic rings. The van der Waals surface area contributed by atoms with Gasteiger partial charge in [0.1, 0.15) is 12.4 Å². The van der Waals surface area contributed by atoms with E-state index in [1.807, 2.05) is 0 Å². The lowest BCUT2D eigenvalue weighted by atomic mass is 10.2. The van der Waals surface area contributed by atoms with Gasteiger partial charge in [0.25, 0.3) is 5.69 Å². The molecular formula is C14H9BrNO5-. The molecule has 7 heteroatoms. The van der Waals surface area contributed by atoms with Crippen molar-refractivity contribution >= 4 is 27.6 Å². The van der Waals surface area contributed by atoms with Crippen molar-refractivity contribution in [2.24, 2.45) is 0 Å². The molecule has 0 saturated heterocycles. The largest absolute Gasteiger partial charge is 0.545 e. The number of non-ortho nitro benzene ring substituents is 1. The quantitative estimate of drug-likeness (QED) is 0.609. The smallest absolute Gasteiger partial charge is 0.269 e. The number of nitrogens with zero attached hydrogens (tertiary/aromatic N) is 1. The number of halogens is 1. The average molecular weight is 351 g/mol. The monoisotopic (exact) mass is 350 g/mol. The van der Waals surface area contributed by atoms with E-state index in [-0.39, 0.29) is 23.6 Å². The van der Waals surface area contributed by atoms with Crippen LogP contribution in [0.15, 0.2) is 46.9 Å². The number of carbonyl (C=O) groups excluding carboxylic acids is 1. The topological polar surface area (TPSA) is 92.5 Å². The summed E-state index contributed by atoms with van der Waals surface area (Å²) in [6.07, 6.45) is 0. The van der Waals surface area contributed by atoms with Crippen molar-refractivity contribution in [1.29, 1.82) is 0 Å². The second-order valence-electron chi connectivity index (χ2n) is 4.14. The first kappa shape index (κ1) is 15.0. The highest BCUT2D eigenvalue weighted by molar-refractivity contribution is 9.10. The van der Waals surface area contributed by atoms with Gasteiger partial charge < -0.3 is 14.6 Å². The van der Waals surface area contributed by atoms with E-state index in [0.717, 1.165) is 0 Å². The van der Waals surface area contributed by atoms with Crippen LogP contribution >= 0.6 is 15.9 Å². The molecule has 2 rings (SSSR count). The molecule has 0 heterocycles. The average Bonchev–Trinajstić information content (AvgIpc) is 2.46. The van der Waals surface area contributed by atoms with Crippen molar-refractivity contribution < 1.29 is 19.6 Å². The number of carbonyl (C=O) groups is 1. The number of ether oxygens (including phenoxy) is 1. The van der Waals surface area contributed by atoms with Gasteiger partial charge in [-0.15, -0.1) is 0 Å². The molecule has 21 heavy (non-hydrogen) atoms. The Bertz CT molecular complexity index is 684. The third-order valence-electron chi connectivity index (χ3n) is 2.70. The molecule has 2 aromatic carbocycles. The minimum Gasteiger partial charge on any atom is -0.545 e. The van der Waals surface area contributed by atoms with Crippen molar-refractivity contribution in [3.63, 3.8) is 0 Å². The Hall–Kier alpha value is -2.41. The third-order valence-corrected chi connectivity index (χ3v) is 3.20. The number of carboxylic acid groups (broad SMARTS) is 1. The number of aromatic carboxylic acids is 1. The van der Waals surface area contributed by atoms with Crippen LogP contribution in [0.25, 0.3) is 0 Å². The van der Waals surface area contributed by atoms with Gasteiger partial charge in [-0.1, -0.05) is 15.9 Å². The van der Waals surface area contributed by atoms with Crippen LogP contribution in [0.5, 0.6) is 5.75 Å². The summed E-state index contributed by atoms with van der Waals surface area (Å²) in [7, 11) is 0. The van der Waals surface area contributed by atoms with Crippen molar-refractivity contribution in [3.05, 3.63) is 68.2 Å². The Morgan fingerprint density at radius 3 is 2.43 bits per heavy atom. The number of nitro benzene ring substituents is 1.